The van der Waals surface area contributed by atoms with E-state index in [1.165, 1.54) is 11.8 Å². The zero-order valence-electron chi connectivity index (χ0n) is 14.5. The number of hydrogen-bond acceptors (Lipinski definition) is 6. The molecule has 26 heavy (non-hydrogen) atoms. The lowest BCUT2D eigenvalue weighted by Crippen LogP contribution is -2.12. The van der Waals surface area contributed by atoms with Gasteiger partial charge in [-0.3, -0.25) is 4.98 Å². The van der Waals surface area contributed by atoms with Crippen LogP contribution >= 0.6 is 24.0 Å². The minimum atomic E-state index is -0.498. The molecule has 6 heteroatoms. The van der Waals surface area contributed by atoms with Gasteiger partial charge in [0.2, 0.25) is 10.3 Å². The number of thiocarbonyl (C=S) groups is 1. The van der Waals surface area contributed by atoms with Crippen molar-refractivity contribution in [1.82, 2.24) is 9.97 Å². The fourth-order valence-corrected chi connectivity index (χ4v) is 2.86. The van der Waals surface area contributed by atoms with E-state index in [9.17, 15) is 0 Å². The lowest BCUT2D eigenvalue weighted by atomic mass is 10.0. The van der Waals surface area contributed by atoms with Crippen LogP contribution in [0, 0.1) is 0 Å². The van der Waals surface area contributed by atoms with Gasteiger partial charge in [-0.05, 0) is 42.2 Å². The number of benzene rings is 1. The minimum Gasteiger partial charge on any atom is -0.481 e. The predicted molar refractivity (Wildman–Crippen MR) is 110 cm³/mol. The first-order valence-corrected chi connectivity index (χ1v) is 9.61. The standard InChI is InChI=1S/C20H18N2O2S2/c1-23-19-16(12-15(13-22-19)14-8-4-3-5-9-14)18(24-20(25)26-2)17-10-6-7-11-21-17/h3-13,18H,1-2H3. The van der Waals surface area contributed by atoms with Gasteiger partial charge in [-0.2, -0.15) is 0 Å². The average molecular weight is 383 g/mol. The SMILES string of the molecule is COc1ncc(-c2ccccc2)cc1C(OC(=S)SC)c1ccccn1. The van der Waals surface area contributed by atoms with Gasteiger partial charge in [0, 0.05) is 18.0 Å². The summed E-state index contributed by atoms with van der Waals surface area (Å²) < 4.78 is 11.9. The number of rotatable bonds is 5. The summed E-state index contributed by atoms with van der Waals surface area (Å²) in [6, 6.07) is 17.8. The third-order valence-electron chi connectivity index (χ3n) is 3.80. The maximum Gasteiger partial charge on any atom is 0.220 e. The molecule has 0 saturated carbocycles. The Labute approximate surface area is 162 Å². The molecule has 1 unspecified atom stereocenters. The van der Waals surface area contributed by atoms with Gasteiger partial charge in [-0.15, -0.1) is 0 Å². The summed E-state index contributed by atoms with van der Waals surface area (Å²) in [7, 11) is 1.59. The highest BCUT2D eigenvalue weighted by molar-refractivity contribution is 8.22. The van der Waals surface area contributed by atoms with Crippen LogP contribution in [0.3, 0.4) is 0 Å². The lowest BCUT2D eigenvalue weighted by molar-refractivity contribution is 0.235. The van der Waals surface area contributed by atoms with Crippen molar-refractivity contribution < 1.29 is 9.47 Å². The summed E-state index contributed by atoms with van der Waals surface area (Å²) in [5.41, 5.74) is 3.57. The molecule has 1 atom stereocenters. The van der Waals surface area contributed by atoms with Crippen LogP contribution < -0.4 is 4.74 Å². The zero-order chi connectivity index (χ0) is 18.4. The maximum atomic E-state index is 6.02. The fourth-order valence-electron chi connectivity index (χ4n) is 2.57. The van der Waals surface area contributed by atoms with Gasteiger partial charge >= 0.3 is 0 Å². The van der Waals surface area contributed by atoms with Crippen LogP contribution in [0.4, 0.5) is 0 Å². The third-order valence-corrected chi connectivity index (χ3v) is 4.82. The van der Waals surface area contributed by atoms with Gasteiger partial charge in [-0.25, -0.2) is 4.98 Å². The van der Waals surface area contributed by atoms with E-state index >= 15 is 0 Å². The van der Waals surface area contributed by atoms with Crippen molar-refractivity contribution in [3.63, 3.8) is 0 Å². The topological polar surface area (TPSA) is 44.2 Å². The molecule has 2 heterocycles. The quantitative estimate of drug-likeness (QED) is 0.585. The number of thioether (sulfide) groups is 1. The molecule has 0 N–H and O–H groups in total. The molecule has 0 aliphatic rings. The number of aromatic nitrogens is 2. The van der Waals surface area contributed by atoms with Crippen molar-refractivity contribution in [2.45, 2.75) is 6.10 Å². The van der Waals surface area contributed by atoms with Crippen LogP contribution in [0.15, 0.2) is 67.0 Å². The monoisotopic (exact) mass is 382 g/mol. The molecule has 0 spiro atoms. The van der Waals surface area contributed by atoms with Crippen molar-refractivity contribution >= 4 is 28.4 Å². The molecule has 4 nitrogen and oxygen atoms in total. The van der Waals surface area contributed by atoms with Crippen molar-refractivity contribution in [3.8, 4) is 17.0 Å². The smallest absolute Gasteiger partial charge is 0.220 e. The van der Waals surface area contributed by atoms with Crippen molar-refractivity contribution in [3.05, 3.63) is 78.2 Å². The second-order valence-electron chi connectivity index (χ2n) is 5.40. The summed E-state index contributed by atoms with van der Waals surface area (Å²) in [4.78, 5) is 8.92. The van der Waals surface area contributed by atoms with Crippen molar-refractivity contribution in [2.75, 3.05) is 13.4 Å². The molecular weight excluding hydrogens is 364 g/mol. The Morgan fingerprint density at radius 3 is 2.46 bits per heavy atom. The number of ether oxygens (including phenoxy) is 2. The first-order chi connectivity index (χ1) is 12.7. The molecule has 0 bridgehead atoms. The van der Waals surface area contributed by atoms with Crippen LogP contribution in [-0.4, -0.2) is 27.7 Å². The Kier molecular flexibility index (Phi) is 6.20. The van der Waals surface area contributed by atoms with Gasteiger partial charge in [-0.1, -0.05) is 48.2 Å². The molecular formula is C20H18N2O2S2. The number of pyridine rings is 2. The molecule has 0 aliphatic carbocycles. The molecule has 0 aliphatic heterocycles. The minimum absolute atomic E-state index is 0.438. The summed E-state index contributed by atoms with van der Waals surface area (Å²) >= 11 is 6.67. The second kappa shape index (κ2) is 8.78. The molecule has 0 radical (unpaired) electrons. The molecule has 132 valence electrons. The molecule has 1 aromatic carbocycles. The Morgan fingerprint density at radius 2 is 1.81 bits per heavy atom. The summed E-state index contributed by atoms with van der Waals surface area (Å²) in [5.74, 6) is 0.490. The molecule has 3 rings (SSSR count). The normalized spacial score (nSPS) is 11.6. The maximum absolute atomic E-state index is 6.02. The van der Waals surface area contributed by atoms with E-state index in [0.29, 0.717) is 10.3 Å². The van der Waals surface area contributed by atoms with Crippen molar-refractivity contribution in [1.29, 1.82) is 0 Å². The fraction of sp³-hybridized carbons (Fsp3) is 0.150. The second-order valence-corrected chi connectivity index (χ2v) is 6.80. The average Bonchev–Trinajstić information content (AvgIpc) is 2.72. The predicted octanol–water partition coefficient (Wildman–Crippen LogP) is 4.91. The Morgan fingerprint density at radius 1 is 1.04 bits per heavy atom. The number of methoxy groups -OCH3 is 1. The highest BCUT2D eigenvalue weighted by Gasteiger charge is 2.24. The van der Waals surface area contributed by atoms with E-state index in [4.69, 9.17) is 21.7 Å². The molecule has 2 aromatic heterocycles. The van der Waals surface area contributed by atoms with E-state index in [2.05, 4.69) is 9.97 Å². The van der Waals surface area contributed by atoms with E-state index in [1.54, 1.807) is 19.5 Å². The van der Waals surface area contributed by atoms with Gasteiger partial charge in [0.1, 0.15) is 0 Å². The number of nitrogens with zero attached hydrogens (tertiary/aromatic N) is 2. The third kappa shape index (κ3) is 4.20. The molecule has 0 fully saturated rings. The van der Waals surface area contributed by atoms with Gasteiger partial charge in [0.25, 0.3) is 0 Å². The van der Waals surface area contributed by atoms with Gasteiger partial charge < -0.3 is 9.47 Å². The first kappa shape index (κ1) is 18.4. The first-order valence-electron chi connectivity index (χ1n) is 7.98. The van der Waals surface area contributed by atoms with E-state index < -0.39 is 6.10 Å². The van der Waals surface area contributed by atoms with Gasteiger partial charge in [0.15, 0.2) is 6.10 Å². The highest BCUT2D eigenvalue weighted by Crippen LogP contribution is 2.34. The highest BCUT2D eigenvalue weighted by atomic mass is 32.2. The summed E-state index contributed by atoms with van der Waals surface area (Å²) in [5, 5.41) is 0. The van der Waals surface area contributed by atoms with Crippen LogP contribution in [0.2, 0.25) is 0 Å². The van der Waals surface area contributed by atoms with Gasteiger partial charge in [0.05, 0.1) is 18.4 Å². The lowest BCUT2D eigenvalue weighted by Gasteiger charge is -2.21. The molecule has 0 saturated heterocycles. The van der Waals surface area contributed by atoms with Crippen LogP contribution in [0.1, 0.15) is 17.4 Å². The number of hydrogen-bond donors (Lipinski definition) is 0. The Hall–Kier alpha value is -2.44. The Bertz CT molecular complexity index is 873. The largest absolute Gasteiger partial charge is 0.481 e. The van der Waals surface area contributed by atoms with Crippen LogP contribution in [0.25, 0.3) is 11.1 Å². The van der Waals surface area contributed by atoms with E-state index in [0.717, 1.165) is 22.4 Å². The van der Waals surface area contributed by atoms with E-state index in [-0.39, 0.29) is 0 Å². The zero-order valence-corrected chi connectivity index (χ0v) is 16.1. The molecule has 0 amide bonds. The van der Waals surface area contributed by atoms with E-state index in [1.807, 2.05) is 60.9 Å². The molecule has 3 aromatic rings. The van der Waals surface area contributed by atoms with Crippen LogP contribution in [0.5, 0.6) is 5.88 Å². The van der Waals surface area contributed by atoms with Crippen LogP contribution in [-0.2, 0) is 4.74 Å². The summed E-state index contributed by atoms with van der Waals surface area (Å²) in [6.45, 7) is 0. The van der Waals surface area contributed by atoms with Crippen molar-refractivity contribution in [2.24, 2.45) is 0 Å². The summed E-state index contributed by atoms with van der Waals surface area (Å²) in [6.07, 6.45) is 4.91. The Balaban J connectivity index is 2.11.